The minimum Gasteiger partial charge on any atom is -0.472 e. The van der Waals surface area contributed by atoms with Gasteiger partial charge in [-0.25, -0.2) is 9.98 Å². The van der Waals surface area contributed by atoms with Gasteiger partial charge in [-0.2, -0.15) is 0 Å². The van der Waals surface area contributed by atoms with Gasteiger partial charge in [-0.15, -0.1) is 0 Å². The van der Waals surface area contributed by atoms with Gasteiger partial charge in [0, 0.05) is 0 Å². The third-order valence-electron chi connectivity index (χ3n) is 5.92. The fourth-order valence-electron chi connectivity index (χ4n) is 4.53. The highest BCUT2D eigenvalue weighted by Crippen LogP contribution is 2.32. The molecule has 122 valence electrons. The lowest BCUT2D eigenvalue weighted by atomic mass is 9.84. The summed E-state index contributed by atoms with van der Waals surface area (Å²) < 4.78 is 11.7. The highest BCUT2D eigenvalue weighted by molar-refractivity contribution is 6.36. The van der Waals surface area contributed by atoms with Gasteiger partial charge in [-0.1, -0.05) is 38.5 Å². The van der Waals surface area contributed by atoms with Crippen LogP contribution in [0.2, 0.25) is 0 Å². The fourth-order valence-corrected chi connectivity index (χ4v) is 4.53. The summed E-state index contributed by atoms with van der Waals surface area (Å²) in [5.41, 5.74) is 0. The Morgan fingerprint density at radius 2 is 1.00 bits per heavy atom. The summed E-state index contributed by atoms with van der Waals surface area (Å²) in [6.45, 7) is 1.47. The summed E-state index contributed by atoms with van der Waals surface area (Å²) in [5.74, 6) is 2.80. The van der Waals surface area contributed by atoms with Crippen LogP contribution in [0.15, 0.2) is 9.98 Å². The van der Waals surface area contributed by atoms with E-state index in [-0.39, 0.29) is 0 Å². The summed E-state index contributed by atoms with van der Waals surface area (Å²) >= 11 is 0. The lowest BCUT2D eigenvalue weighted by molar-refractivity contribution is 0.231. The van der Waals surface area contributed by atoms with Crippen LogP contribution in [0, 0.1) is 11.8 Å². The first-order valence-electron chi connectivity index (χ1n) is 9.32. The number of hydrogen-bond acceptors (Lipinski definition) is 4. The van der Waals surface area contributed by atoms with E-state index in [2.05, 4.69) is 0 Å². The minimum absolute atomic E-state index is 0.343. The second-order valence-electron chi connectivity index (χ2n) is 7.42. The molecule has 0 radical (unpaired) electrons. The monoisotopic (exact) mass is 304 g/mol. The molecule has 4 rings (SSSR count). The van der Waals surface area contributed by atoms with Crippen LogP contribution in [0.4, 0.5) is 0 Å². The average Bonchev–Trinajstić information content (AvgIpc) is 3.26. The van der Waals surface area contributed by atoms with Crippen molar-refractivity contribution in [2.45, 2.75) is 76.3 Å². The highest BCUT2D eigenvalue weighted by atomic mass is 16.5. The second-order valence-corrected chi connectivity index (χ2v) is 7.42. The third-order valence-corrected chi connectivity index (χ3v) is 5.92. The van der Waals surface area contributed by atoms with Crippen molar-refractivity contribution in [3.05, 3.63) is 0 Å². The van der Waals surface area contributed by atoms with Crippen molar-refractivity contribution in [3.8, 4) is 0 Å². The van der Waals surface area contributed by atoms with E-state index >= 15 is 0 Å². The van der Waals surface area contributed by atoms with Gasteiger partial charge in [0.1, 0.15) is 13.2 Å². The molecule has 0 spiro atoms. The van der Waals surface area contributed by atoms with Gasteiger partial charge in [0.15, 0.2) is 0 Å². The smallest absolute Gasteiger partial charge is 0.273 e. The molecule has 0 unspecified atom stereocenters. The summed E-state index contributed by atoms with van der Waals surface area (Å²) in [6, 6.07) is 0.686. The first-order valence-corrected chi connectivity index (χ1v) is 9.32. The van der Waals surface area contributed by atoms with Gasteiger partial charge in [0.25, 0.3) is 11.8 Å². The van der Waals surface area contributed by atoms with Crippen molar-refractivity contribution in [3.63, 3.8) is 0 Å². The summed E-state index contributed by atoms with van der Waals surface area (Å²) in [4.78, 5) is 9.62. The molecule has 4 nitrogen and oxygen atoms in total. The van der Waals surface area contributed by atoms with Crippen LogP contribution in [0.5, 0.6) is 0 Å². The Balaban J connectivity index is 1.39. The van der Waals surface area contributed by atoms with E-state index in [1.165, 1.54) is 64.2 Å². The standard InChI is InChI=1S/C18H28N2O2/c1-3-7-13(8-4-1)15-11-21-17(19-15)18-20-16(12-22-18)14-9-5-2-6-10-14/h13-16H,1-12H2/t15-,16-/m1/s1. The van der Waals surface area contributed by atoms with Crippen LogP contribution in [0.1, 0.15) is 64.2 Å². The van der Waals surface area contributed by atoms with Crippen LogP contribution < -0.4 is 0 Å². The molecular formula is C18H28N2O2. The zero-order valence-electron chi connectivity index (χ0n) is 13.5. The molecule has 4 aliphatic rings. The Bertz CT molecular complexity index is 406. The van der Waals surface area contributed by atoms with E-state index in [0.717, 1.165) is 13.2 Å². The molecule has 0 N–H and O–H groups in total. The molecule has 0 saturated heterocycles. The topological polar surface area (TPSA) is 43.2 Å². The van der Waals surface area contributed by atoms with E-state index in [4.69, 9.17) is 19.5 Å². The summed E-state index contributed by atoms with van der Waals surface area (Å²) in [6.07, 6.45) is 13.4. The fraction of sp³-hybridized carbons (Fsp3) is 0.889. The normalized spacial score (nSPS) is 34.0. The van der Waals surface area contributed by atoms with Crippen LogP contribution in [0.25, 0.3) is 0 Å². The molecule has 0 aromatic rings. The molecule has 22 heavy (non-hydrogen) atoms. The molecule has 2 saturated carbocycles. The molecule has 2 atom stereocenters. The van der Waals surface area contributed by atoms with Crippen LogP contribution >= 0.6 is 0 Å². The molecule has 0 aromatic heterocycles. The van der Waals surface area contributed by atoms with Gasteiger partial charge in [0.2, 0.25) is 0 Å². The van der Waals surface area contributed by atoms with Crippen molar-refractivity contribution >= 4 is 11.8 Å². The van der Waals surface area contributed by atoms with E-state index in [9.17, 15) is 0 Å². The van der Waals surface area contributed by atoms with Gasteiger partial charge in [0.05, 0.1) is 12.1 Å². The minimum atomic E-state index is 0.343. The Hall–Kier alpha value is -1.06. The lowest BCUT2D eigenvalue weighted by Crippen LogP contribution is -2.22. The molecule has 4 heteroatoms. The van der Waals surface area contributed by atoms with E-state index in [1.807, 2.05) is 0 Å². The maximum absolute atomic E-state index is 5.83. The van der Waals surface area contributed by atoms with Gasteiger partial charge >= 0.3 is 0 Å². The maximum atomic E-state index is 5.83. The van der Waals surface area contributed by atoms with Crippen molar-refractivity contribution in [2.24, 2.45) is 21.8 Å². The maximum Gasteiger partial charge on any atom is 0.273 e. The van der Waals surface area contributed by atoms with E-state index in [0.29, 0.717) is 35.7 Å². The molecular weight excluding hydrogens is 276 g/mol. The molecule has 2 heterocycles. The molecule has 0 bridgehead atoms. The predicted molar refractivity (Wildman–Crippen MR) is 87.5 cm³/mol. The quantitative estimate of drug-likeness (QED) is 0.797. The largest absolute Gasteiger partial charge is 0.472 e. The van der Waals surface area contributed by atoms with E-state index in [1.54, 1.807) is 0 Å². The third kappa shape index (κ3) is 3.02. The highest BCUT2D eigenvalue weighted by Gasteiger charge is 2.35. The first-order chi connectivity index (χ1) is 10.9. The zero-order chi connectivity index (χ0) is 14.8. The molecule has 2 aliphatic carbocycles. The molecule has 0 aromatic carbocycles. The Labute approximate surface area is 133 Å². The van der Waals surface area contributed by atoms with Crippen LogP contribution in [-0.4, -0.2) is 37.1 Å². The van der Waals surface area contributed by atoms with E-state index < -0.39 is 0 Å². The van der Waals surface area contributed by atoms with Gasteiger partial charge < -0.3 is 9.47 Å². The van der Waals surface area contributed by atoms with Crippen molar-refractivity contribution in [1.82, 2.24) is 0 Å². The Morgan fingerprint density at radius 1 is 0.591 bits per heavy atom. The lowest BCUT2D eigenvalue weighted by Gasteiger charge is -2.24. The summed E-state index contributed by atoms with van der Waals surface area (Å²) in [7, 11) is 0. The Morgan fingerprint density at radius 3 is 1.41 bits per heavy atom. The zero-order valence-corrected chi connectivity index (χ0v) is 13.5. The average molecular weight is 304 g/mol. The number of hydrogen-bond donors (Lipinski definition) is 0. The molecule has 0 amide bonds. The number of rotatable bonds is 3. The van der Waals surface area contributed by atoms with Crippen molar-refractivity contribution in [1.29, 1.82) is 0 Å². The van der Waals surface area contributed by atoms with Crippen molar-refractivity contribution in [2.75, 3.05) is 13.2 Å². The van der Waals surface area contributed by atoms with Crippen LogP contribution in [-0.2, 0) is 9.47 Å². The van der Waals surface area contributed by atoms with Gasteiger partial charge in [-0.3, -0.25) is 0 Å². The van der Waals surface area contributed by atoms with Crippen LogP contribution in [0.3, 0.4) is 0 Å². The number of ether oxygens (including phenoxy) is 2. The first kappa shape index (κ1) is 14.5. The van der Waals surface area contributed by atoms with Crippen molar-refractivity contribution < 1.29 is 9.47 Å². The molecule has 2 fully saturated rings. The second kappa shape index (κ2) is 6.59. The predicted octanol–water partition coefficient (Wildman–Crippen LogP) is 3.74. The number of aliphatic imine (C=N–C) groups is 2. The molecule has 2 aliphatic heterocycles. The summed E-state index contributed by atoms with van der Waals surface area (Å²) in [5, 5.41) is 0. The number of nitrogens with zero attached hydrogens (tertiary/aromatic N) is 2. The SMILES string of the molecule is C1CCC([C@H]2COC(C3=N[C@@H](C4CCCCC4)CO3)=N2)CC1. The van der Waals surface area contributed by atoms with Gasteiger partial charge in [-0.05, 0) is 37.5 Å². The Kier molecular flexibility index (Phi) is 4.35.